The largest absolute Gasteiger partial charge is 0.374 e. The van der Waals surface area contributed by atoms with E-state index in [1.807, 2.05) is 0 Å². The Balaban J connectivity index is 1.59. The molecule has 0 bridgehead atoms. The molecule has 1 saturated carbocycles. The zero-order valence-corrected chi connectivity index (χ0v) is 16.2. The molecule has 146 valence electrons. The van der Waals surface area contributed by atoms with E-state index in [0.717, 1.165) is 12.8 Å². The molecule has 0 radical (unpaired) electrons. The lowest BCUT2D eigenvalue weighted by atomic mass is 9.96. The van der Waals surface area contributed by atoms with Gasteiger partial charge in [0.05, 0.1) is 19.0 Å². The highest BCUT2D eigenvalue weighted by molar-refractivity contribution is 7.88. The summed E-state index contributed by atoms with van der Waals surface area (Å²) >= 11 is 0. The Kier molecular flexibility index (Phi) is 8.61. The second-order valence-corrected chi connectivity index (χ2v) is 9.16. The summed E-state index contributed by atoms with van der Waals surface area (Å²) in [6.45, 7) is 2.35. The van der Waals surface area contributed by atoms with Crippen LogP contribution in [0.5, 0.6) is 0 Å². The monoisotopic (exact) mass is 375 g/mol. The highest BCUT2D eigenvalue weighted by atomic mass is 32.2. The molecule has 8 heteroatoms. The molecule has 1 amide bonds. The summed E-state index contributed by atoms with van der Waals surface area (Å²) < 4.78 is 30.2. The van der Waals surface area contributed by atoms with Crippen LogP contribution in [-0.4, -0.2) is 69.8 Å². The van der Waals surface area contributed by atoms with Gasteiger partial charge >= 0.3 is 0 Å². The molecule has 25 heavy (non-hydrogen) atoms. The lowest BCUT2D eigenvalue weighted by Gasteiger charge is -2.31. The lowest BCUT2D eigenvalue weighted by Crippen LogP contribution is -2.48. The van der Waals surface area contributed by atoms with Gasteiger partial charge in [-0.25, -0.2) is 8.42 Å². The Morgan fingerprint density at radius 3 is 2.52 bits per heavy atom. The Hall–Kier alpha value is -0.700. The van der Waals surface area contributed by atoms with Crippen molar-refractivity contribution in [1.82, 2.24) is 14.9 Å². The maximum absolute atomic E-state index is 12.1. The quantitative estimate of drug-likeness (QED) is 0.644. The molecule has 0 aromatic carbocycles. The van der Waals surface area contributed by atoms with Gasteiger partial charge in [0.2, 0.25) is 15.9 Å². The minimum Gasteiger partial charge on any atom is -0.374 e. The first-order valence-corrected chi connectivity index (χ1v) is 11.4. The Bertz CT molecular complexity index is 504. The number of amides is 1. The molecule has 0 aromatic heterocycles. The molecule has 2 fully saturated rings. The number of morpholine rings is 1. The van der Waals surface area contributed by atoms with Crippen molar-refractivity contribution >= 4 is 15.9 Å². The van der Waals surface area contributed by atoms with E-state index in [-0.39, 0.29) is 12.0 Å². The van der Waals surface area contributed by atoms with E-state index in [2.05, 4.69) is 10.6 Å². The molecule has 2 N–H and O–H groups in total. The summed E-state index contributed by atoms with van der Waals surface area (Å²) in [7, 11) is -3.16. The van der Waals surface area contributed by atoms with Crippen molar-refractivity contribution < 1.29 is 17.9 Å². The number of sulfonamides is 1. The fourth-order valence-corrected chi connectivity index (χ4v) is 4.33. The second-order valence-electron chi connectivity index (χ2n) is 7.18. The first kappa shape index (κ1) is 20.6. The highest BCUT2D eigenvalue weighted by Gasteiger charge is 2.26. The van der Waals surface area contributed by atoms with E-state index < -0.39 is 10.0 Å². The summed E-state index contributed by atoms with van der Waals surface area (Å²) in [6, 6.07) is 0.331. The minimum absolute atomic E-state index is 0.0976. The number of ether oxygens (including phenoxy) is 1. The predicted molar refractivity (Wildman–Crippen MR) is 97.9 cm³/mol. The zero-order chi connectivity index (χ0) is 18.1. The molecule has 0 aromatic rings. The molecule has 1 atom stereocenters. The molecular weight excluding hydrogens is 342 g/mol. The molecule has 1 saturated heterocycles. The smallest absolute Gasteiger partial charge is 0.221 e. The van der Waals surface area contributed by atoms with Crippen molar-refractivity contribution in [3.8, 4) is 0 Å². The molecule has 0 spiro atoms. The first-order chi connectivity index (χ1) is 11.9. The van der Waals surface area contributed by atoms with Crippen LogP contribution in [0.15, 0.2) is 0 Å². The van der Waals surface area contributed by atoms with Gasteiger partial charge in [0, 0.05) is 38.6 Å². The van der Waals surface area contributed by atoms with Crippen LogP contribution in [0.1, 0.15) is 51.4 Å². The fraction of sp³-hybridized carbons (Fsp3) is 0.941. The summed E-state index contributed by atoms with van der Waals surface area (Å²) in [5.74, 6) is 0.0976. The summed E-state index contributed by atoms with van der Waals surface area (Å²) in [6.07, 6.45) is 9.99. The van der Waals surface area contributed by atoms with Gasteiger partial charge in [-0.05, 0) is 12.8 Å². The van der Waals surface area contributed by atoms with Crippen molar-refractivity contribution in [3.63, 3.8) is 0 Å². The summed E-state index contributed by atoms with van der Waals surface area (Å²) in [4.78, 5) is 12.1. The number of hydrogen-bond acceptors (Lipinski definition) is 5. The average Bonchev–Trinajstić information content (AvgIpc) is 2.53. The van der Waals surface area contributed by atoms with Crippen LogP contribution < -0.4 is 10.6 Å². The summed E-state index contributed by atoms with van der Waals surface area (Å²) in [5, 5.41) is 6.36. The normalized spacial score (nSPS) is 24.4. The van der Waals surface area contributed by atoms with E-state index in [0.29, 0.717) is 45.2 Å². The van der Waals surface area contributed by atoms with Gasteiger partial charge in [-0.15, -0.1) is 0 Å². The fourth-order valence-electron chi connectivity index (χ4n) is 3.48. The van der Waals surface area contributed by atoms with Crippen LogP contribution in [-0.2, 0) is 19.6 Å². The van der Waals surface area contributed by atoms with Gasteiger partial charge in [0.25, 0.3) is 0 Å². The molecule has 1 aliphatic heterocycles. The van der Waals surface area contributed by atoms with Crippen LogP contribution in [0.4, 0.5) is 0 Å². The number of rotatable bonds is 7. The minimum atomic E-state index is -3.16. The number of hydrogen-bond donors (Lipinski definition) is 2. The highest BCUT2D eigenvalue weighted by Crippen LogP contribution is 2.17. The van der Waals surface area contributed by atoms with Gasteiger partial charge in [-0.3, -0.25) is 4.79 Å². The molecule has 2 rings (SSSR count). The van der Waals surface area contributed by atoms with E-state index in [9.17, 15) is 13.2 Å². The number of nitrogens with zero attached hydrogens (tertiary/aromatic N) is 1. The third-order valence-corrected chi connectivity index (χ3v) is 6.21. The molecule has 1 aliphatic carbocycles. The van der Waals surface area contributed by atoms with Gasteiger partial charge in [0.1, 0.15) is 0 Å². The van der Waals surface area contributed by atoms with Gasteiger partial charge in [-0.2, -0.15) is 4.31 Å². The number of carbonyl (C=O) groups is 1. The van der Waals surface area contributed by atoms with Gasteiger partial charge in [-0.1, -0.05) is 32.1 Å². The van der Waals surface area contributed by atoms with Crippen molar-refractivity contribution in [2.45, 2.75) is 63.5 Å². The van der Waals surface area contributed by atoms with Crippen LogP contribution in [0, 0.1) is 0 Å². The molecule has 1 heterocycles. The summed E-state index contributed by atoms with van der Waals surface area (Å²) in [5.41, 5.74) is 0. The first-order valence-electron chi connectivity index (χ1n) is 9.52. The Morgan fingerprint density at radius 2 is 1.84 bits per heavy atom. The number of carbonyl (C=O) groups excluding carboxylic acids is 1. The Labute approximate surface area is 151 Å². The van der Waals surface area contributed by atoms with Crippen LogP contribution >= 0.6 is 0 Å². The maximum Gasteiger partial charge on any atom is 0.221 e. The van der Waals surface area contributed by atoms with Crippen LogP contribution in [0.2, 0.25) is 0 Å². The second kappa shape index (κ2) is 10.4. The number of nitrogens with one attached hydrogen (secondary N) is 2. The molecular formula is C17H33N3O4S. The zero-order valence-electron chi connectivity index (χ0n) is 15.3. The van der Waals surface area contributed by atoms with Gasteiger partial charge < -0.3 is 15.4 Å². The third-order valence-electron chi connectivity index (χ3n) is 4.94. The Morgan fingerprint density at radius 1 is 1.16 bits per heavy atom. The molecule has 1 unspecified atom stereocenters. The van der Waals surface area contributed by atoms with Crippen molar-refractivity contribution in [2.24, 2.45) is 0 Å². The lowest BCUT2D eigenvalue weighted by molar-refractivity contribution is -0.121. The third kappa shape index (κ3) is 8.02. The van der Waals surface area contributed by atoms with Crippen molar-refractivity contribution in [3.05, 3.63) is 0 Å². The average molecular weight is 376 g/mol. The topological polar surface area (TPSA) is 87.7 Å². The van der Waals surface area contributed by atoms with Gasteiger partial charge in [0.15, 0.2) is 0 Å². The van der Waals surface area contributed by atoms with Crippen molar-refractivity contribution in [1.29, 1.82) is 0 Å². The maximum atomic E-state index is 12.1. The van der Waals surface area contributed by atoms with Crippen molar-refractivity contribution in [2.75, 3.05) is 39.0 Å². The predicted octanol–water partition coefficient (Wildman–Crippen LogP) is 0.856. The molecule has 7 nitrogen and oxygen atoms in total. The van der Waals surface area contributed by atoms with E-state index in [4.69, 9.17) is 4.74 Å². The standard InChI is InChI=1S/C17H33N3O4S/c1-25(22,23)20-11-12-24-16(14-20)13-18-10-9-17(21)19-15-7-5-3-2-4-6-8-15/h15-16,18H,2-14H2,1H3,(H,19,21). The van der Waals surface area contributed by atoms with Crippen LogP contribution in [0.25, 0.3) is 0 Å². The van der Waals surface area contributed by atoms with E-state index in [1.165, 1.54) is 42.7 Å². The van der Waals surface area contributed by atoms with E-state index >= 15 is 0 Å². The van der Waals surface area contributed by atoms with Crippen LogP contribution in [0.3, 0.4) is 0 Å². The molecule has 2 aliphatic rings. The SMILES string of the molecule is CS(=O)(=O)N1CCOC(CNCCC(=O)NC2CCCCCCC2)C1. The van der Waals surface area contributed by atoms with E-state index in [1.54, 1.807) is 0 Å².